The molecule has 1 aromatic carbocycles. The molecule has 0 radical (unpaired) electrons. The molecule has 1 aliphatic heterocycles. The van der Waals surface area contributed by atoms with Crippen LogP contribution in [0, 0.1) is 11.8 Å². The molecule has 1 heterocycles. The summed E-state index contributed by atoms with van der Waals surface area (Å²) in [5.74, 6) is -1.02. The molecule has 0 spiro atoms. The van der Waals surface area contributed by atoms with E-state index >= 15 is 0 Å². The van der Waals surface area contributed by atoms with Crippen molar-refractivity contribution in [2.75, 3.05) is 11.9 Å². The average Bonchev–Trinajstić information content (AvgIpc) is 3.10. The number of amides is 1. The summed E-state index contributed by atoms with van der Waals surface area (Å²) >= 11 is 0. The lowest BCUT2D eigenvalue weighted by Crippen LogP contribution is -2.41. The molecule has 5 heteroatoms. The Morgan fingerprint density at radius 1 is 1.29 bits per heavy atom. The molecule has 3 atom stereocenters. The molecule has 112 valence electrons. The van der Waals surface area contributed by atoms with Gasteiger partial charge in [0.15, 0.2) is 0 Å². The SMILES string of the molecule is O=C(O)C1CCCC1CNC(=O)[C@@H]1Cc2ccccc2N1. The highest BCUT2D eigenvalue weighted by atomic mass is 16.4. The third-order valence-electron chi connectivity index (χ3n) is 4.60. The van der Waals surface area contributed by atoms with Crippen molar-refractivity contribution in [2.45, 2.75) is 31.7 Å². The van der Waals surface area contributed by atoms with Gasteiger partial charge in [0, 0.05) is 18.7 Å². The van der Waals surface area contributed by atoms with Gasteiger partial charge < -0.3 is 15.7 Å². The van der Waals surface area contributed by atoms with Crippen molar-refractivity contribution in [1.29, 1.82) is 0 Å². The molecule has 0 aromatic heterocycles. The Kier molecular flexibility index (Phi) is 3.82. The predicted octanol–water partition coefficient (Wildman–Crippen LogP) is 1.64. The fourth-order valence-electron chi connectivity index (χ4n) is 3.42. The van der Waals surface area contributed by atoms with Gasteiger partial charge >= 0.3 is 5.97 Å². The van der Waals surface area contributed by atoms with Crippen molar-refractivity contribution in [3.05, 3.63) is 29.8 Å². The maximum atomic E-state index is 12.2. The smallest absolute Gasteiger partial charge is 0.306 e. The van der Waals surface area contributed by atoms with Crippen LogP contribution in [0.3, 0.4) is 0 Å². The summed E-state index contributed by atoms with van der Waals surface area (Å²) in [6.45, 7) is 0.463. The standard InChI is InChI=1S/C16H20N2O3/c19-15(14-8-10-4-1-2-7-13(10)18-14)17-9-11-5-3-6-12(11)16(20)21/h1-2,4,7,11-12,14,18H,3,5-6,8-9H2,(H,17,19)(H,20,21)/t11?,12?,14-/m0/s1. The first-order valence-corrected chi connectivity index (χ1v) is 7.50. The summed E-state index contributed by atoms with van der Waals surface area (Å²) < 4.78 is 0. The van der Waals surface area contributed by atoms with E-state index in [1.807, 2.05) is 24.3 Å². The summed E-state index contributed by atoms with van der Waals surface area (Å²) in [5.41, 5.74) is 2.17. The number of benzene rings is 1. The first-order chi connectivity index (χ1) is 10.1. The molecule has 2 unspecified atom stereocenters. The molecule has 1 aromatic rings. The molecule has 3 N–H and O–H groups in total. The second kappa shape index (κ2) is 5.76. The van der Waals surface area contributed by atoms with Crippen molar-refractivity contribution in [2.24, 2.45) is 11.8 Å². The lowest BCUT2D eigenvalue weighted by atomic mass is 9.96. The molecule has 0 saturated heterocycles. The van der Waals surface area contributed by atoms with Gasteiger partial charge in [-0.1, -0.05) is 24.6 Å². The summed E-state index contributed by atoms with van der Waals surface area (Å²) in [6.07, 6.45) is 3.23. The van der Waals surface area contributed by atoms with Gasteiger partial charge in [-0.15, -0.1) is 0 Å². The van der Waals surface area contributed by atoms with Crippen molar-refractivity contribution >= 4 is 17.6 Å². The number of rotatable bonds is 4. The van der Waals surface area contributed by atoms with Crippen molar-refractivity contribution in [3.63, 3.8) is 0 Å². The van der Waals surface area contributed by atoms with Crippen molar-refractivity contribution in [3.8, 4) is 0 Å². The van der Waals surface area contributed by atoms with E-state index in [1.165, 1.54) is 0 Å². The summed E-state index contributed by atoms with van der Waals surface area (Å²) in [6, 6.07) is 7.67. The zero-order valence-corrected chi connectivity index (χ0v) is 11.8. The van der Waals surface area contributed by atoms with Crippen molar-refractivity contribution < 1.29 is 14.7 Å². The summed E-state index contributed by atoms with van der Waals surface area (Å²) in [4.78, 5) is 23.4. The van der Waals surface area contributed by atoms with Gasteiger partial charge in [-0.3, -0.25) is 9.59 Å². The molecular weight excluding hydrogens is 268 g/mol. The molecule has 1 fully saturated rings. The van der Waals surface area contributed by atoms with Gasteiger partial charge in [-0.2, -0.15) is 0 Å². The van der Waals surface area contributed by atoms with E-state index in [0.717, 1.165) is 30.5 Å². The normalized spacial score (nSPS) is 27.0. The monoisotopic (exact) mass is 288 g/mol. The number of carbonyl (C=O) groups excluding carboxylic acids is 1. The number of hydrogen-bond donors (Lipinski definition) is 3. The third-order valence-corrected chi connectivity index (χ3v) is 4.60. The number of aliphatic carboxylic acids is 1. The number of para-hydroxylation sites is 1. The van der Waals surface area contributed by atoms with E-state index < -0.39 is 5.97 Å². The van der Waals surface area contributed by atoms with Gasteiger partial charge in [-0.25, -0.2) is 0 Å². The minimum absolute atomic E-state index is 0.0396. The van der Waals surface area contributed by atoms with Crippen LogP contribution in [0.15, 0.2) is 24.3 Å². The number of hydrogen-bond acceptors (Lipinski definition) is 3. The Morgan fingerprint density at radius 3 is 2.86 bits per heavy atom. The Bertz CT molecular complexity index is 533. The van der Waals surface area contributed by atoms with Crippen LogP contribution in [-0.2, 0) is 16.0 Å². The average molecular weight is 288 g/mol. The first kappa shape index (κ1) is 13.9. The fourth-order valence-corrected chi connectivity index (χ4v) is 3.42. The number of anilines is 1. The summed E-state index contributed by atoms with van der Waals surface area (Å²) in [7, 11) is 0. The lowest BCUT2D eigenvalue weighted by molar-refractivity contribution is -0.143. The van der Waals surface area contributed by atoms with Crippen LogP contribution < -0.4 is 10.6 Å². The fraction of sp³-hybridized carbons (Fsp3) is 0.500. The van der Waals surface area contributed by atoms with E-state index in [0.29, 0.717) is 13.0 Å². The van der Waals surface area contributed by atoms with Gasteiger partial charge in [0.05, 0.1) is 5.92 Å². The number of carboxylic acids is 1. The largest absolute Gasteiger partial charge is 0.481 e. The minimum atomic E-state index is -0.738. The highest BCUT2D eigenvalue weighted by Gasteiger charge is 2.34. The van der Waals surface area contributed by atoms with E-state index in [2.05, 4.69) is 10.6 Å². The Morgan fingerprint density at radius 2 is 2.10 bits per heavy atom. The molecule has 2 aliphatic rings. The third kappa shape index (κ3) is 2.86. The van der Waals surface area contributed by atoms with Gasteiger partial charge in [0.1, 0.15) is 6.04 Å². The molecular formula is C16H20N2O3. The van der Waals surface area contributed by atoms with Crippen LogP contribution in [-0.4, -0.2) is 29.6 Å². The highest BCUT2D eigenvalue weighted by Crippen LogP contribution is 2.31. The number of carboxylic acid groups (broad SMARTS) is 1. The Balaban J connectivity index is 1.53. The maximum Gasteiger partial charge on any atom is 0.306 e. The van der Waals surface area contributed by atoms with Crippen LogP contribution in [0.1, 0.15) is 24.8 Å². The summed E-state index contributed by atoms with van der Waals surface area (Å²) in [5, 5.41) is 15.3. The van der Waals surface area contributed by atoms with Crippen LogP contribution in [0.2, 0.25) is 0 Å². The quantitative estimate of drug-likeness (QED) is 0.787. The zero-order chi connectivity index (χ0) is 14.8. The second-order valence-corrected chi connectivity index (χ2v) is 5.94. The minimum Gasteiger partial charge on any atom is -0.481 e. The Hall–Kier alpha value is -2.04. The number of fused-ring (bicyclic) bond motifs is 1. The molecule has 3 rings (SSSR count). The first-order valence-electron chi connectivity index (χ1n) is 7.50. The predicted molar refractivity (Wildman–Crippen MR) is 79.0 cm³/mol. The van der Waals surface area contributed by atoms with Gasteiger partial charge in [0.25, 0.3) is 0 Å². The molecule has 21 heavy (non-hydrogen) atoms. The van der Waals surface area contributed by atoms with Crippen LogP contribution in [0.4, 0.5) is 5.69 Å². The topological polar surface area (TPSA) is 78.4 Å². The van der Waals surface area contributed by atoms with E-state index in [-0.39, 0.29) is 23.8 Å². The number of nitrogens with one attached hydrogen (secondary N) is 2. The van der Waals surface area contributed by atoms with Crippen LogP contribution in [0.5, 0.6) is 0 Å². The zero-order valence-electron chi connectivity index (χ0n) is 11.8. The second-order valence-electron chi connectivity index (χ2n) is 5.94. The van der Waals surface area contributed by atoms with Gasteiger partial charge in [-0.05, 0) is 30.4 Å². The molecule has 1 amide bonds. The number of carbonyl (C=O) groups is 2. The Labute approximate surface area is 123 Å². The maximum absolute atomic E-state index is 12.2. The van der Waals surface area contributed by atoms with E-state index in [9.17, 15) is 9.59 Å². The van der Waals surface area contributed by atoms with Gasteiger partial charge in [0.2, 0.25) is 5.91 Å². The lowest BCUT2D eigenvalue weighted by Gasteiger charge is -2.18. The van der Waals surface area contributed by atoms with E-state index in [4.69, 9.17) is 5.11 Å². The molecule has 1 aliphatic carbocycles. The highest BCUT2D eigenvalue weighted by molar-refractivity contribution is 5.87. The van der Waals surface area contributed by atoms with E-state index in [1.54, 1.807) is 0 Å². The molecule has 1 saturated carbocycles. The van der Waals surface area contributed by atoms with Crippen LogP contribution in [0.25, 0.3) is 0 Å². The van der Waals surface area contributed by atoms with Crippen molar-refractivity contribution in [1.82, 2.24) is 5.32 Å². The molecule has 5 nitrogen and oxygen atoms in total. The van der Waals surface area contributed by atoms with Crippen LogP contribution >= 0.6 is 0 Å². The molecule has 0 bridgehead atoms.